The molecule has 0 unspecified atom stereocenters. The zero-order valence-electron chi connectivity index (χ0n) is 8.47. The summed E-state index contributed by atoms with van der Waals surface area (Å²) >= 11 is 0. The highest BCUT2D eigenvalue weighted by molar-refractivity contribution is 6.08. The lowest BCUT2D eigenvalue weighted by Crippen LogP contribution is -2.32. The third kappa shape index (κ3) is 1.83. The van der Waals surface area contributed by atoms with E-state index in [0.29, 0.717) is 18.9 Å². The molecule has 1 aliphatic rings. The smallest absolute Gasteiger partial charge is 0.225 e. The first-order valence-corrected chi connectivity index (χ1v) is 4.80. The zero-order valence-corrected chi connectivity index (χ0v) is 8.47. The maximum atomic E-state index is 11.3. The molecule has 0 atom stereocenters. The van der Waals surface area contributed by atoms with E-state index in [4.69, 9.17) is 5.11 Å². The molecule has 1 N–H and O–H groups in total. The van der Waals surface area contributed by atoms with Crippen molar-refractivity contribution in [3.8, 4) is 5.75 Å². The van der Waals surface area contributed by atoms with Gasteiger partial charge in [0, 0.05) is 19.0 Å². The Morgan fingerprint density at radius 1 is 1.40 bits per heavy atom. The minimum Gasteiger partial charge on any atom is -0.508 e. The molecular weight excluding hydrogens is 192 g/mol. The van der Waals surface area contributed by atoms with Crippen molar-refractivity contribution in [2.75, 3.05) is 13.1 Å². The Labute approximate surface area is 87.9 Å². The van der Waals surface area contributed by atoms with E-state index in [1.165, 1.54) is 6.92 Å². The Morgan fingerprint density at radius 3 is 2.67 bits per heavy atom. The van der Waals surface area contributed by atoms with E-state index in [2.05, 4.69) is 4.99 Å². The van der Waals surface area contributed by atoms with Crippen molar-refractivity contribution in [2.45, 2.75) is 6.92 Å². The predicted octanol–water partition coefficient (Wildman–Crippen LogP) is 1.00. The molecule has 0 saturated heterocycles. The number of amidine groups is 1. The van der Waals surface area contributed by atoms with Gasteiger partial charge in [0.2, 0.25) is 5.91 Å². The van der Waals surface area contributed by atoms with Crippen LogP contribution in [0.4, 0.5) is 0 Å². The number of benzene rings is 1. The summed E-state index contributed by atoms with van der Waals surface area (Å²) in [6.07, 6.45) is 0. The minimum atomic E-state index is -0.000625. The standard InChI is InChI=1S/C11H12N2O2/c1-8(14)13-7-6-12-11(13)9-2-4-10(15)5-3-9/h2-5,15H,6-7H2,1H3. The molecule has 0 saturated carbocycles. The van der Waals surface area contributed by atoms with E-state index in [1.807, 2.05) is 0 Å². The monoisotopic (exact) mass is 204 g/mol. The van der Waals surface area contributed by atoms with Crippen molar-refractivity contribution < 1.29 is 9.90 Å². The molecule has 0 aromatic heterocycles. The summed E-state index contributed by atoms with van der Waals surface area (Å²) in [6, 6.07) is 6.70. The van der Waals surface area contributed by atoms with Gasteiger partial charge in [-0.05, 0) is 24.3 Å². The molecule has 1 aromatic carbocycles. The fourth-order valence-electron chi connectivity index (χ4n) is 1.61. The van der Waals surface area contributed by atoms with Gasteiger partial charge in [0.05, 0.1) is 6.54 Å². The van der Waals surface area contributed by atoms with Crippen LogP contribution in [0.3, 0.4) is 0 Å². The minimum absolute atomic E-state index is 0.000625. The van der Waals surface area contributed by atoms with Gasteiger partial charge in [0.25, 0.3) is 0 Å². The van der Waals surface area contributed by atoms with Gasteiger partial charge < -0.3 is 5.11 Å². The normalized spacial score (nSPS) is 15.3. The van der Waals surface area contributed by atoms with Crippen molar-refractivity contribution in [3.05, 3.63) is 29.8 Å². The average Bonchev–Trinajstić information content (AvgIpc) is 2.67. The SMILES string of the molecule is CC(=O)N1CCN=C1c1ccc(O)cc1. The van der Waals surface area contributed by atoms with Gasteiger partial charge in [-0.15, -0.1) is 0 Å². The Bertz CT molecular complexity index is 409. The number of aliphatic imine (C=N–C) groups is 1. The number of aromatic hydroxyl groups is 1. The molecule has 1 heterocycles. The van der Waals surface area contributed by atoms with E-state index < -0.39 is 0 Å². The Kier molecular flexibility index (Phi) is 2.41. The molecule has 4 heteroatoms. The van der Waals surface area contributed by atoms with Crippen LogP contribution in [0.5, 0.6) is 5.75 Å². The highest BCUT2D eigenvalue weighted by atomic mass is 16.3. The van der Waals surface area contributed by atoms with E-state index in [1.54, 1.807) is 29.2 Å². The molecule has 0 radical (unpaired) electrons. The van der Waals surface area contributed by atoms with Gasteiger partial charge in [-0.3, -0.25) is 14.7 Å². The molecule has 15 heavy (non-hydrogen) atoms. The lowest BCUT2D eigenvalue weighted by atomic mass is 10.2. The first-order valence-electron chi connectivity index (χ1n) is 4.80. The third-order valence-corrected chi connectivity index (χ3v) is 2.35. The number of carbonyl (C=O) groups excluding carboxylic acids is 1. The van der Waals surface area contributed by atoms with Crippen molar-refractivity contribution in [1.82, 2.24) is 4.90 Å². The Morgan fingerprint density at radius 2 is 2.07 bits per heavy atom. The van der Waals surface area contributed by atoms with Crippen LogP contribution in [0.25, 0.3) is 0 Å². The molecule has 78 valence electrons. The fraction of sp³-hybridized carbons (Fsp3) is 0.273. The lowest BCUT2D eigenvalue weighted by molar-refractivity contribution is -0.124. The van der Waals surface area contributed by atoms with Crippen molar-refractivity contribution in [1.29, 1.82) is 0 Å². The summed E-state index contributed by atoms with van der Waals surface area (Å²) in [5, 5.41) is 9.15. The summed E-state index contributed by atoms with van der Waals surface area (Å²) < 4.78 is 0. The Hall–Kier alpha value is -1.84. The van der Waals surface area contributed by atoms with Gasteiger partial charge in [-0.2, -0.15) is 0 Å². The van der Waals surface area contributed by atoms with E-state index >= 15 is 0 Å². The average molecular weight is 204 g/mol. The summed E-state index contributed by atoms with van der Waals surface area (Å²) in [4.78, 5) is 17.2. The van der Waals surface area contributed by atoms with Crippen molar-refractivity contribution in [2.24, 2.45) is 4.99 Å². The molecular formula is C11H12N2O2. The second kappa shape index (κ2) is 3.73. The molecule has 0 aliphatic carbocycles. The molecule has 1 amide bonds. The van der Waals surface area contributed by atoms with Crippen LogP contribution in [-0.2, 0) is 4.79 Å². The highest BCUT2D eigenvalue weighted by Crippen LogP contribution is 2.15. The number of carbonyl (C=O) groups is 1. The third-order valence-electron chi connectivity index (χ3n) is 2.35. The molecule has 4 nitrogen and oxygen atoms in total. The number of phenolic OH excluding ortho intramolecular Hbond substituents is 1. The molecule has 2 rings (SSSR count). The summed E-state index contributed by atoms with van der Waals surface area (Å²) in [5.41, 5.74) is 0.862. The van der Waals surface area contributed by atoms with Crippen LogP contribution in [0.2, 0.25) is 0 Å². The molecule has 0 bridgehead atoms. The van der Waals surface area contributed by atoms with Crippen molar-refractivity contribution in [3.63, 3.8) is 0 Å². The number of phenols is 1. The number of hydrogen-bond acceptors (Lipinski definition) is 3. The molecule has 1 aromatic rings. The molecule has 0 spiro atoms. The van der Waals surface area contributed by atoms with Gasteiger partial charge >= 0.3 is 0 Å². The largest absolute Gasteiger partial charge is 0.508 e. The second-order valence-corrected chi connectivity index (χ2v) is 3.42. The van der Waals surface area contributed by atoms with Crippen LogP contribution in [-0.4, -0.2) is 34.8 Å². The van der Waals surface area contributed by atoms with Gasteiger partial charge in [-0.25, -0.2) is 0 Å². The lowest BCUT2D eigenvalue weighted by Gasteiger charge is -2.15. The van der Waals surface area contributed by atoms with Crippen molar-refractivity contribution >= 4 is 11.7 Å². The number of rotatable bonds is 1. The predicted molar refractivity (Wildman–Crippen MR) is 56.9 cm³/mol. The maximum absolute atomic E-state index is 11.3. The zero-order chi connectivity index (χ0) is 10.8. The van der Waals surface area contributed by atoms with Gasteiger partial charge in [-0.1, -0.05) is 0 Å². The summed E-state index contributed by atoms with van der Waals surface area (Å²) in [7, 11) is 0. The highest BCUT2D eigenvalue weighted by Gasteiger charge is 2.21. The van der Waals surface area contributed by atoms with E-state index in [9.17, 15) is 4.79 Å². The first-order chi connectivity index (χ1) is 7.18. The quantitative estimate of drug-likeness (QED) is 0.742. The van der Waals surface area contributed by atoms with Crippen LogP contribution in [0.15, 0.2) is 29.3 Å². The first kappa shape index (κ1) is 9.71. The van der Waals surface area contributed by atoms with E-state index in [-0.39, 0.29) is 11.7 Å². The van der Waals surface area contributed by atoms with Crippen LogP contribution < -0.4 is 0 Å². The van der Waals surface area contributed by atoms with Crippen LogP contribution in [0.1, 0.15) is 12.5 Å². The maximum Gasteiger partial charge on any atom is 0.225 e. The van der Waals surface area contributed by atoms with Crippen LogP contribution in [0, 0.1) is 0 Å². The topological polar surface area (TPSA) is 52.9 Å². The number of hydrogen-bond donors (Lipinski definition) is 1. The number of amides is 1. The van der Waals surface area contributed by atoms with Gasteiger partial charge in [0.1, 0.15) is 11.6 Å². The summed E-state index contributed by atoms with van der Waals surface area (Å²) in [6.45, 7) is 2.82. The fourth-order valence-corrected chi connectivity index (χ4v) is 1.61. The summed E-state index contributed by atoms with van der Waals surface area (Å²) in [5.74, 6) is 0.911. The molecule has 1 aliphatic heterocycles. The molecule has 0 fully saturated rings. The van der Waals surface area contributed by atoms with Gasteiger partial charge in [0.15, 0.2) is 0 Å². The van der Waals surface area contributed by atoms with Crippen LogP contribution >= 0.6 is 0 Å². The van der Waals surface area contributed by atoms with E-state index in [0.717, 1.165) is 5.56 Å². The Balaban J connectivity index is 2.30. The number of nitrogens with zero attached hydrogens (tertiary/aromatic N) is 2. The second-order valence-electron chi connectivity index (χ2n) is 3.42.